The summed E-state index contributed by atoms with van der Waals surface area (Å²) >= 11 is 0. The second-order valence-electron chi connectivity index (χ2n) is 5.06. The number of carboxylic acids is 1. The molecule has 1 aromatic heterocycles. The molecule has 1 amide bonds. The lowest BCUT2D eigenvalue weighted by Gasteiger charge is -2.17. The molecule has 116 valence electrons. The maximum atomic E-state index is 12.4. The summed E-state index contributed by atoms with van der Waals surface area (Å²) < 4.78 is 5.14. The number of nitrogens with zero attached hydrogens (tertiary/aromatic N) is 1. The van der Waals surface area contributed by atoms with Crippen LogP contribution in [0.25, 0.3) is 0 Å². The van der Waals surface area contributed by atoms with Gasteiger partial charge in [0.15, 0.2) is 0 Å². The van der Waals surface area contributed by atoms with E-state index in [1.165, 1.54) is 12.1 Å². The first-order valence-corrected chi connectivity index (χ1v) is 7.01. The Labute approximate surface area is 128 Å². The van der Waals surface area contributed by atoms with E-state index in [0.29, 0.717) is 17.7 Å². The zero-order valence-corrected chi connectivity index (χ0v) is 12.7. The fourth-order valence-corrected chi connectivity index (χ4v) is 2.40. The van der Waals surface area contributed by atoms with Gasteiger partial charge in [-0.15, -0.1) is 0 Å². The van der Waals surface area contributed by atoms with E-state index in [2.05, 4.69) is 10.5 Å². The van der Waals surface area contributed by atoms with Crippen molar-refractivity contribution in [2.75, 3.05) is 0 Å². The third-order valence-corrected chi connectivity index (χ3v) is 3.52. The number of amides is 1. The average molecular weight is 302 g/mol. The molecule has 0 fully saturated rings. The van der Waals surface area contributed by atoms with E-state index in [1.807, 2.05) is 13.8 Å². The maximum absolute atomic E-state index is 12.4. The van der Waals surface area contributed by atoms with Crippen LogP contribution in [0.15, 0.2) is 28.8 Å². The van der Waals surface area contributed by atoms with Crippen molar-refractivity contribution in [2.45, 2.75) is 33.2 Å². The Bertz CT molecular complexity index is 686. The third kappa shape index (κ3) is 3.16. The van der Waals surface area contributed by atoms with Gasteiger partial charge in [-0.05, 0) is 38.5 Å². The van der Waals surface area contributed by atoms with Gasteiger partial charge in [-0.1, -0.05) is 18.1 Å². The molecule has 0 aliphatic rings. The van der Waals surface area contributed by atoms with E-state index < -0.39 is 5.97 Å². The van der Waals surface area contributed by atoms with Crippen molar-refractivity contribution < 1.29 is 19.2 Å². The highest BCUT2D eigenvalue weighted by molar-refractivity contribution is 5.97. The van der Waals surface area contributed by atoms with Gasteiger partial charge in [-0.2, -0.15) is 0 Å². The molecule has 0 saturated heterocycles. The smallest absolute Gasteiger partial charge is 0.335 e. The van der Waals surface area contributed by atoms with Crippen LogP contribution in [0.4, 0.5) is 0 Å². The van der Waals surface area contributed by atoms with E-state index in [1.54, 1.807) is 19.1 Å². The van der Waals surface area contributed by atoms with Crippen LogP contribution < -0.4 is 5.32 Å². The number of hydrogen-bond acceptors (Lipinski definition) is 4. The van der Waals surface area contributed by atoms with Crippen molar-refractivity contribution in [3.05, 3.63) is 52.4 Å². The van der Waals surface area contributed by atoms with Crippen molar-refractivity contribution in [2.24, 2.45) is 0 Å². The zero-order chi connectivity index (χ0) is 16.3. The van der Waals surface area contributed by atoms with Crippen LogP contribution in [0.2, 0.25) is 0 Å². The van der Waals surface area contributed by atoms with E-state index in [-0.39, 0.29) is 17.5 Å². The Balaban J connectivity index is 2.23. The van der Waals surface area contributed by atoms with Crippen molar-refractivity contribution in [3.8, 4) is 0 Å². The van der Waals surface area contributed by atoms with Crippen LogP contribution >= 0.6 is 0 Å². The molecule has 1 aromatic carbocycles. The largest absolute Gasteiger partial charge is 0.478 e. The Morgan fingerprint density at radius 3 is 2.55 bits per heavy atom. The minimum absolute atomic E-state index is 0.0815. The van der Waals surface area contributed by atoms with Crippen molar-refractivity contribution in [1.29, 1.82) is 0 Å². The van der Waals surface area contributed by atoms with Crippen molar-refractivity contribution in [1.82, 2.24) is 10.5 Å². The first kappa shape index (κ1) is 15.8. The maximum Gasteiger partial charge on any atom is 0.335 e. The minimum atomic E-state index is -1.06. The number of carbonyl (C=O) groups is 2. The van der Waals surface area contributed by atoms with E-state index in [4.69, 9.17) is 9.63 Å². The summed E-state index contributed by atoms with van der Waals surface area (Å²) in [6.45, 7) is 5.57. The van der Waals surface area contributed by atoms with Gasteiger partial charge in [-0.3, -0.25) is 4.79 Å². The van der Waals surface area contributed by atoms with Crippen molar-refractivity contribution >= 4 is 11.9 Å². The molecule has 22 heavy (non-hydrogen) atoms. The Kier molecular flexibility index (Phi) is 4.60. The number of aromatic nitrogens is 1. The fourth-order valence-electron chi connectivity index (χ4n) is 2.40. The lowest BCUT2D eigenvalue weighted by Crippen LogP contribution is -2.29. The lowest BCUT2D eigenvalue weighted by molar-refractivity contribution is 0.0697. The molecule has 6 nitrogen and oxygen atoms in total. The lowest BCUT2D eigenvalue weighted by atomic mass is 10.0. The van der Waals surface area contributed by atoms with Crippen LogP contribution in [0.3, 0.4) is 0 Å². The molecule has 2 aromatic rings. The highest BCUT2D eigenvalue weighted by atomic mass is 16.5. The van der Waals surface area contributed by atoms with E-state index >= 15 is 0 Å². The van der Waals surface area contributed by atoms with Crippen LogP contribution in [0.5, 0.6) is 0 Å². The molecular formula is C16H18N2O4. The summed E-state index contributed by atoms with van der Waals surface area (Å²) in [6.07, 6.45) is 0.674. The molecule has 0 bridgehead atoms. The van der Waals surface area contributed by atoms with Gasteiger partial charge >= 0.3 is 5.97 Å². The quantitative estimate of drug-likeness (QED) is 0.886. The summed E-state index contributed by atoms with van der Waals surface area (Å²) in [4.78, 5) is 23.3. The first-order valence-electron chi connectivity index (χ1n) is 7.01. The van der Waals surface area contributed by atoms with Crippen LogP contribution in [-0.4, -0.2) is 22.1 Å². The zero-order valence-electron chi connectivity index (χ0n) is 12.7. The summed E-state index contributed by atoms with van der Waals surface area (Å²) in [6, 6.07) is 5.71. The Hall–Kier alpha value is -2.63. The number of aromatic carboxylic acids is 1. The number of nitrogens with one attached hydrogen (secondary N) is 1. The van der Waals surface area contributed by atoms with Gasteiger partial charge in [0.25, 0.3) is 5.91 Å². The minimum Gasteiger partial charge on any atom is -0.478 e. The van der Waals surface area contributed by atoms with Crippen LogP contribution in [0.1, 0.15) is 57.1 Å². The molecule has 1 heterocycles. The molecule has 0 aliphatic heterocycles. The average Bonchev–Trinajstić information content (AvgIpc) is 2.84. The molecule has 2 rings (SSSR count). The van der Waals surface area contributed by atoms with Crippen LogP contribution in [-0.2, 0) is 0 Å². The standard InChI is InChI=1S/C16H18N2O4/c1-4-13(14-9(2)18-22-10(14)3)17-15(19)11-6-5-7-12(8-11)16(20)21/h5-8,13H,4H2,1-3H3,(H,17,19)(H,20,21). The highest BCUT2D eigenvalue weighted by Gasteiger charge is 2.21. The first-order chi connectivity index (χ1) is 10.4. The van der Waals surface area contributed by atoms with Gasteiger partial charge in [0.1, 0.15) is 5.76 Å². The molecular weight excluding hydrogens is 284 g/mol. The monoisotopic (exact) mass is 302 g/mol. The van der Waals surface area contributed by atoms with Gasteiger partial charge in [0, 0.05) is 11.1 Å². The topological polar surface area (TPSA) is 92.4 Å². The SMILES string of the molecule is CCC(NC(=O)c1cccc(C(=O)O)c1)c1c(C)noc1C. The van der Waals surface area contributed by atoms with E-state index in [9.17, 15) is 9.59 Å². The summed E-state index contributed by atoms with van der Waals surface area (Å²) in [5.41, 5.74) is 2.00. The predicted molar refractivity (Wildman–Crippen MR) is 79.9 cm³/mol. The molecule has 0 radical (unpaired) electrons. The fraction of sp³-hybridized carbons (Fsp3) is 0.312. The molecule has 0 spiro atoms. The molecule has 6 heteroatoms. The Morgan fingerprint density at radius 2 is 2.00 bits per heavy atom. The molecule has 0 saturated carbocycles. The number of carboxylic acid groups (broad SMARTS) is 1. The predicted octanol–water partition coefficient (Wildman–Crippen LogP) is 2.87. The van der Waals surface area contributed by atoms with E-state index in [0.717, 1.165) is 11.3 Å². The van der Waals surface area contributed by atoms with Crippen LogP contribution in [0, 0.1) is 13.8 Å². The number of benzene rings is 1. The Morgan fingerprint density at radius 1 is 1.32 bits per heavy atom. The molecule has 0 aliphatic carbocycles. The van der Waals surface area contributed by atoms with Crippen molar-refractivity contribution in [3.63, 3.8) is 0 Å². The van der Waals surface area contributed by atoms with Gasteiger partial charge in [0.05, 0.1) is 17.3 Å². The number of carbonyl (C=O) groups excluding carboxylic acids is 1. The van der Waals surface area contributed by atoms with Gasteiger partial charge < -0.3 is 14.9 Å². The summed E-state index contributed by atoms with van der Waals surface area (Å²) in [7, 11) is 0. The molecule has 2 N–H and O–H groups in total. The second-order valence-corrected chi connectivity index (χ2v) is 5.06. The molecule has 1 atom stereocenters. The normalized spacial score (nSPS) is 12.0. The summed E-state index contributed by atoms with van der Waals surface area (Å²) in [5.74, 6) is -0.716. The second kappa shape index (κ2) is 6.43. The number of rotatable bonds is 5. The third-order valence-electron chi connectivity index (χ3n) is 3.52. The summed E-state index contributed by atoms with van der Waals surface area (Å²) in [5, 5.41) is 15.8. The van der Waals surface area contributed by atoms with Gasteiger partial charge in [0.2, 0.25) is 0 Å². The number of aryl methyl sites for hydroxylation is 2. The van der Waals surface area contributed by atoms with Gasteiger partial charge in [-0.25, -0.2) is 4.79 Å². The highest BCUT2D eigenvalue weighted by Crippen LogP contribution is 2.24. The number of hydrogen-bond donors (Lipinski definition) is 2. The molecule has 1 unspecified atom stereocenters.